The molecule has 1 saturated heterocycles. The Labute approximate surface area is 210 Å². The van der Waals surface area contributed by atoms with E-state index >= 15 is 0 Å². The minimum Gasteiger partial charge on any atom is -0.424 e. The summed E-state index contributed by atoms with van der Waals surface area (Å²) in [4.78, 5) is 17.2. The van der Waals surface area contributed by atoms with Gasteiger partial charge in [0.2, 0.25) is 0 Å². The standard InChI is InChI=1S/C25H28F3N5O4/c26-25(27,28)37-19-10-11-21-20(14-19)30-23(36-21)31-22-5-1-2-12-24(22,29)16-4-3-13-32(15-16)17-6-8-18(9-7-17)33(34)35/h6-11,14,16,22H,1-5,12-13,15,29H2,(H,30,31)/t16-,22?,24?/m0/s1. The molecule has 0 bridgehead atoms. The van der Waals surface area contributed by atoms with Crippen molar-refractivity contribution in [2.45, 2.75) is 56.5 Å². The van der Waals surface area contributed by atoms with Crippen LogP contribution in [-0.4, -0.2) is 40.9 Å². The van der Waals surface area contributed by atoms with Gasteiger partial charge in [0.25, 0.3) is 11.7 Å². The Hall–Kier alpha value is -3.54. The molecule has 2 aliphatic rings. The van der Waals surface area contributed by atoms with Crippen molar-refractivity contribution < 1.29 is 27.2 Å². The highest BCUT2D eigenvalue weighted by Gasteiger charge is 2.45. The molecule has 3 atom stereocenters. The number of hydrogen-bond acceptors (Lipinski definition) is 8. The number of halogens is 3. The lowest BCUT2D eigenvalue weighted by molar-refractivity contribution is -0.384. The predicted molar refractivity (Wildman–Crippen MR) is 132 cm³/mol. The molecule has 2 heterocycles. The summed E-state index contributed by atoms with van der Waals surface area (Å²) >= 11 is 0. The van der Waals surface area contributed by atoms with Crippen molar-refractivity contribution in [1.82, 2.24) is 4.98 Å². The van der Waals surface area contributed by atoms with E-state index in [2.05, 4.69) is 19.9 Å². The van der Waals surface area contributed by atoms with Crippen molar-refractivity contribution in [3.63, 3.8) is 0 Å². The number of nitrogens with one attached hydrogen (secondary N) is 1. The summed E-state index contributed by atoms with van der Waals surface area (Å²) in [5.74, 6) is -0.204. The molecule has 0 radical (unpaired) electrons. The molecule has 9 nitrogen and oxygen atoms in total. The molecule has 1 aliphatic carbocycles. The van der Waals surface area contributed by atoms with Gasteiger partial charge in [-0.25, -0.2) is 0 Å². The molecule has 0 spiro atoms. The molecule has 1 aliphatic heterocycles. The third kappa shape index (κ3) is 5.43. The average Bonchev–Trinajstić information content (AvgIpc) is 3.26. The topological polar surface area (TPSA) is 120 Å². The molecule has 3 aromatic rings. The Kier molecular flexibility index (Phi) is 6.61. The van der Waals surface area contributed by atoms with Gasteiger partial charge in [-0.15, -0.1) is 13.2 Å². The van der Waals surface area contributed by atoms with E-state index in [0.717, 1.165) is 57.3 Å². The SMILES string of the molecule is NC1([C@H]2CCCN(c3ccc([N+](=O)[O-])cc3)C2)CCCCC1Nc1nc2cc(OC(F)(F)F)ccc2o1. The van der Waals surface area contributed by atoms with Crippen LogP contribution in [0, 0.1) is 16.0 Å². The molecule has 2 aromatic carbocycles. The van der Waals surface area contributed by atoms with Gasteiger partial charge in [0.15, 0.2) is 5.58 Å². The third-order valence-electron chi connectivity index (χ3n) is 7.50. The van der Waals surface area contributed by atoms with Gasteiger partial charge < -0.3 is 25.1 Å². The fourth-order valence-electron chi connectivity index (χ4n) is 5.67. The van der Waals surface area contributed by atoms with E-state index in [1.54, 1.807) is 12.1 Å². The molecule has 37 heavy (non-hydrogen) atoms. The fourth-order valence-corrected chi connectivity index (χ4v) is 5.67. The lowest BCUT2D eigenvalue weighted by Gasteiger charge is -2.50. The zero-order valence-corrected chi connectivity index (χ0v) is 20.0. The van der Waals surface area contributed by atoms with Crippen molar-refractivity contribution in [2.24, 2.45) is 11.7 Å². The van der Waals surface area contributed by atoms with Crippen molar-refractivity contribution >= 4 is 28.5 Å². The number of hydrogen-bond donors (Lipinski definition) is 2. The first kappa shape index (κ1) is 25.1. The van der Waals surface area contributed by atoms with Crippen LogP contribution in [0.15, 0.2) is 46.9 Å². The van der Waals surface area contributed by atoms with E-state index in [1.165, 1.54) is 30.3 Å². The summed E-state index contributed by atoms with van der Waals surface area (Å²) < 4.78 is 47.5. The van der Waals surface area contributed by atoms with Crippen molar-refractivity contribution in [2.75, 3.05) is 23.3 Å². The predicted octanol–water partition coefficient (Wildman–Crippen LogP) is 5.60. The first-order valence-corrected chi connectivity index (χ1v) is 12.3. The Morgan fingerprint density at radius 2 is 1.95 bits per heavy atom. The second-order valence-electron chi connectivity index (χ2n) is 9.81. The molecule has 2 unspecified atom stereocenters. The third-order valence-corrected chi connectivity index (χ3v) is 7.50. The number of piperidine rings is 1. The van der Waals surface area contributed by atoms with Crippen LogP contribution in [-0.2, 0) is 0 Å². The van der Waals surface area contributed by atoms with E-state index in [0.29, 0.717) is 5.58 Å². The number of non-ortho nitro benzene ring substituents is 1. The normalized spacial score (nSPS) is 24.7. The highest BCUT2D eigenvalue weighted by atomic mass is 19.4. The lowest BCUT2D eigenvalue weighted by Crippen LogP contribution is -2.63. The minimum atomic E-state index is -4.79. The summed E-state index contributed by atoms with van der Waals surface area (Å²) in [6.45, 7) is 1.56. The van der Waals surface area contributed by atoms with Gasteiger partial charge in [0, 0.05) is 48.6 Å². The maximum Gasteiger partial charge on any atom is 0.573 e. The molecular formula is C25H28F3N5O4. The molecule has 3 N–H and O–H groups in total. The number of nitro groups is 1. The molecule has 1 aromatic heterocycles. The smallest absolute Gasteiger partial charge is 0.424 e. The van der Waals surface area contributed by atoms with Gasteiger partial charge in [-0.05, 0) is 55.9 Å². The largest absolute Gasteiger partial charge is 0.573 e. The second-order valence-corrected chi connectivity index (χ2v) is 9.81. The summed E-state index contributed by atoms with van der Waals surface area (Å²) in [5, 5.41) is 14.3. The van der Waals surface area contributed by atoms with Crippen LogP contribution in [0.2, 0.25) is 0 Å². The number of ether oxygens (including phenoxy) is 1. The molecule has 0 amide bonds. The molecule has 5 rings (SSSR count). The number of nitro benzene ring substituents is 1. The molecule has 1 saturated carbocycles. The van der Waals surface area contributed by atoms with Crippen LogP contribution >= 0.6 is 0 Å². The number of fused-ring (bicyclic) bond motifs is 1. The van der Waals surface area contributed by atoms with Gasteiger partial charge in [-0.1, -0.05) is 12.8 Å². The monoisotopic (exact) mass is 519 g/mol. The number of nitrogens with two attached hydrogens (primary N) is 1. The van der Waals surface area contributed by atoms with Crippen LogP contribution in [0.5, 0.6) is 5.75 Å². The second kappa shape index (κ2) is 9.73. The summed E-state index contributed by atoms with van der Waals surface area (Å²) in [6.07, 6.45) is 0.705. The van der Waals surface area contributed by atoms with E-state index in [4.69, 9.17) is 10.2 Å². The highest BCUT2D eigenvalue weighted by molar-refractivity contribution is 5.76. The Bertz CT molecular complexity index is 1270. The maximum absolute atomic E-state index is 12.6. The Morgan fingerprint density at radius 1 is 1.16 bits per heavy atom. The van der Waals surface area contributed by atoms with Crippen LogP contribution in [0.3, 0.4) is 0 Å². The Balaban J connectivity index is 1.33. The summed E-state index contributed by atoms with van der Waals surface area (Å²) in [6, 6.07) is 10.4. The minimum absolute atomic E-state index is 0.0552. The Morgan fingerprint density at radius 3 is 2.68 bits per heavy atom. The molecular weight excluding hydrogens is 491 g/mol. The van der Waals surface area contributed by atoms with Gasteiger partial charge in [0.1, 0.15) is 11.3 Å². The van der Waals surface area contributed by atoms with Crippen molar-refractivity contribution in [3.05, 3.63) is 52.6 Å². The van der Waals surface area contributed by atoms with E-state index < -0.39 is 16.8 Å². The van der Waals surface area contributed by atoms with Crippen LogP contribution in [0.4, 0.5) is 30.6 Å². The van der Waals surface area contributed by atoms with Gasteiger partial charge >= 0.3 is 6.36 Å². The van der Waals surface area contributed by atoms with Crippen LogP contribution in [0.1, 0.15) is 38.5 Å². The van der Waals surface area contributed by atoms with Crippen LogP contribution < -0.4 is 20.7 Å². The number of nitrogens with zero attached hydrogens (tertiary/aromatic N) is 3. The lowest BCUT2D eigenvalue weighted by atomic mass is 9.67. The molecule has 12 heteroatoms. The quantitative estimate of drug-likeness (QED) is 0.319. The van der Waals surface area contributed by atoms with Crippen LogP contribution in [0.25, 0.3) is 11.1 Å². The average molecular weight is 520 g/mol. The van der Waals surface area contributed by atoms with E-state index in [1.807, 2.05) is 0 Å². The zero-order chi connectivity index (χ0) is 26.2. The summed E-state index contributed by atoms with van der Waals surface area (Å²) in [7, 11) is 0. The highest BCUT2D eigenvalue weighted by Crippen LogP contribution is 2.40. The number of anilines is 2. The number of aromatic nitrogens is 1. The number of rotatable bonds is 6. The van der Waals surface area contributed by atoms with Crippen molar-refractivity contribution in [3.8, 4) is 5.75 Å². The van der Waals surface area contributed by atoms with E-state index in [-0.39, 0.29) is 34.9 Å². The van der Waals surface area contributed by atoms with Gasteiger partial charge in [-0.2, -0.15) is 4.98 Å². The molecule has 2 fully saturated rings. The summed E-state index contributed by atoms with van der Waals surface area (Å²) in [5.41, 5.74) is 8.15. The van der Waals surface area contributed by atoms with Crippen molar-refractivity contribution in [1.29, 1.82) is 0 Å². The van der Waals surface area contributed by atoms with Gasteiger partial charge in [-0.3, -0.25) is 10.1 Å². The number of alkyl halides is 3. The van der Waals surface area contributed by atoms with E-state index in [9.17, 15) is 23.3 Å². The maximum atomic E-state index is 12.6. The molecule has 198 valence electrons. The first-order chi connectivity index (χ1) is 17.6. The zero-order valence-electron chi connectivity index (χ0n) is 20.0. The number of benzene rings is 2. The first-order valence-electron chi connectivity index (χ1n) is 12.3. The fraction of sp³-hybridized carbons (Fsp3) is 0.480. The van der Waals surface area contributed by atoms with Gasteiger partial charge in [0.05, 0.1) is 4.92 Å². The number of oxazole rings is 1.